The standard InChI is InChI=1S/C21H28N2O4S/c1-27-18-9-7-15(8-10-18)12-23(21(26)16-11-20(25)28-14-16)13-19(24)22-17-5-3-2-4-6-17/h7-10,16-17H,2-6,11-14H2,1H3,(H,22,24). The van der Waals surface area contributed by atoms with Crippen molar-refractivity contribution in [2.75, 3.05) is 19.4 Å². The lowest BCUT2D eigenvalue weighted by molar-refractivity contribution is -0.140. The molecule has 152 valence electrons. The zero-order valence-corrected chi connectivity index (χ0v) is 17.1. The van der Waals surface area contributed by atoms with Crippen LogP contribution in [0.2, 0.25) is 0 Å². The van der Waals surface area contributed by atoms with Crippen molar-refractivity contribution in [1.29, 1.82) is 0 Å². The highest BCUT2D eigenvalue weighted by Gasteiger charge is 2.33. The number of hydrogen-bond donors (Lipinski definition) is 1. The van der Waals surface area contributed by atoms with Gasteiger partial charge in [-0.1, -0.05) is 43.2 Å². The summed E-state index contributed by atoms with van der Waals surface area (Å²) in [5.41, 5.74) is 0.927. The first kappa shape index (κ1) is 20.7. The van der Waals surface area contributed by atoms with Gasteiger partial charge in [0.15, 0.2) is 5.12 Å². The topological polar surface area (TPSA) is 75.7 Å². The quantitative estimate of drug-likeness (QED) is 0.756. The molecule has 1 saturated heterocycles. The van der Waals surface area contributed by atoms with E-state index in [4.69, 9.17) is 4.74 Å². The Hall–Kier alpha value is -2.02. The summed E-state index contributed by atoms with van der Waals surface area (Å²) in [7, 11) is 1.61. The molecule has 7 heteroatoms. The molecule has 1 aliphatic carbocycles. The molecule has 1 heterocycles. The van der Waals surface area contributed by atoms with Gasteiger partial charge in [0, 0.05) is 24.8 Å². The van der Waals surface area contributed by atoms with Crippen LogP contribution in [0, 0.1) is 5.92 Å². The van der Waals surface area contributed by atoms with Crippen molar-refractivity contribution in [2.24, 2.45) is 5.92 Å². The molecular weight excluding hydrogens is 376 g/mol. The molecule has 1 saturated carbocycles. The molecule has 1 N–H and O–H groups in total. The minimum atomic E-state index is -0.335. The van der Waals surface area contributed by atoms with Crippen molar-refractivity contribution in [2.45, 2.75) is 51.1 Å². The Morgan fingerprint density at radius 2 is 1.89 bits per heavy atom. The van der Waals surface area contributed by atoms with E-state index in [-0.39, 0.29) is 41.9 Å². The molecule has 1 aromatic carbocycles. The molecule has 0 radical (unpaired) electrons. The van der Waals surface area contributed by atoms with Gasteiger partial charge in [-0.2, -0.15) is 0 Å². The van der Waals surface area contributed by atoms with Gasteiger partial charge in [0.1, 0.15) is 5.75 Å². The minimum absolute atomic E-state index is 0.0245. The molecular formula is C21H28N2O4S. The van der Waals surface area contributed by atoms with Gasteiger partial charge < -0.3 is 15.0 Å². The SMILES string of the molecule is COc1ccc(CN(CC(=O)NC2CCCCC2)C(=O)C2CSC(=O)C2)cc1. The number of carbonyl (C=O) groups excluding carboxylic acids is 3. The van der Waals surface area contributed by atoms with E-state index in [0.717, 1.165) is 37.0 Å². The van der Waals surface area contributed by atoms with Crippen LogP contribution in [0.4, 0.5) is 0 Å². The largest absolute Gasteiger partial charge is 0.497 e. The summed E-state index contributed by atoms with van der Waals surface area (Å²) in [6, 6.07) is 7.69. The van der Waals surface area contributed by atoms with E-state index in [0.29, 0.717) is 12.3 Å². The third kappa shape index (κ3) is 5.74. The average molecular weight is 405 g/mol. The summed E-state index contributed by atoms with van der Waals surface area (Å²) in [6.07, 6.45) is 5.77. The first-order valence-corrected chi connectivity index (χ1v) is 10.9. The zero-order chi connectivity index (χ0) is 19.9. The van der Waals surface area contributed by atoms with Crippen LogP contribution in [-0.2, 0) is 20.9 Å². The smallest absolute Gasteiger partial charge is 0.239 e. The summed E-state index contributed by atoms with van der Waals surface area (Å²) in [5.74, 6) is 0.674. The van der Waals surface area contributed by atoms with Crippen molar-refractivity contribution >= 4 is 28.7 Å². The van der Waals surface area contributed by atoms with Gasteiger partial charge in [0.05, 0.1) is 19.6 Å². The van der Waals surface area contributed by atoms with Gasteiger partial charge >= 0.3 is 0 Å². The zero-order valence-electron chi connectivity index (χ0n) is 16.3. The Morgan fingerprint density at radius 3 is 2.50 bits per heavy atom. The molecule has 2 amide bonds. The number of benzene rings is 1. The maximum Gasteiger partial charge on any atom is 0.239 e. The van der Waals surface area contributed by atoms with Crippen LogP contribution in [-0.4, -0.2) is 47.3 Å². The van der Waals surface area contributed by atoms with Crippen molar-refractivity contribution < 1.29 is 19.1 Å². The van der Waals surface area contributed by atoms with Crippen LogP contribution in [0.15, 0.2) is 24.3 Å². The van der Waals surface area contributed by atoms with Crippen LogP contribution in [0.25, 0.3) is 0 Å². The molecule has 1 aliphatic heterocycles. The Kier molecular flexibility index (Phi) is 7.36. The maximum atomic E-state index is 13.0. The van der Waals surface area contributed by atoms with E-state index in [2.05, 4.69) is 5.32 Å². The summed E-state index contributed by atoms with van der Waals surface area (Å²) in [6.45, 7) is 0.368. The second-order valence-corrected chi connectivity index (χ2v) is 8.61. The van der Waals surface area contributed by atoms with Crippen molar-refractivity contribution in [3.05, 3.63) is 29.8 Å². The highest BCUT2D eigenvalue weighted by atomic mass is 32.2. The number of amides is 2. The average Bonchev–Trinajstić information content (AvgIpc) is 3.14. The monoisotopic (exact) mass is 404 g/mol. The Bertz CT molecular complexity index is 701. The van der Waals surface area contributed by atoms with Crippen molar-refractivity contribution in [3.8, 4) is 5.75 Å². The lowest BCUT2D eigenvalue weighted by atomic mass is 9.95. The predicted molar refractivity (Wildman–Crippen MR) is 109 cm³/mol. The number of hydrogen-bond acceptors (Lipinski definition) is 5. The lowest BCUT2D eigenvalue weighted by Crippen LogP contribution is -2.46. The van der Waals surface area contributed by atoms with E-state index in [1.54, 1.807) is 12.0 Å². The van der Waals surface area contributed by atoms with E-state index in [9.17, 15) is 14.4 Å². The summed E-state index contributed by atoms with van der Waals surface area (Å²) in [4.78, 5) is 38.8. The van der Waals surface area contributed by atoms with Gasteiger partial charge in [-0.25, -0.2) is 0 Å². The number of nitrogens with one attached hydrogen (secondary N) is 1. The van der Waals surface area contributed by atoms with Gasteiger partial charge in [-0.15, -0.1) is 0 Å². The molecule has 6 nitrogen and oxygen atoms in total. The van der Waals surface area contributed by atoms with Crippen LogP contribution in [0.3, 0.4) is 0 Å². The van der Waals surface area contributed by atoms with Crippen LogP contribution in [0.1, 0.15) is 44.1 Å². The molecule has 1 unspecified atom stereocenters. The molecule has 1 aromatic rings. The van der Waals surface area contributed by atoms with E-state index < -0.39 is 0 Å². The van der Waals surface area contributed by atoms with Crippen LogP contribution in [0.5, 0.6) is 5.75 Å². The summed E-state index contributed by atoms with van der Waals surface area (Å²) >= 11 is 1.21. The maximum absolute atomic E-state index is 13.0. The third-order valence-corrected chi connectivity index (χ3v) is 6.41. The normalized spacial score (nSPS) is 20.0. The number of methoxy groups -OCH3 is 1. The molecule has 0 aromatic heterocycles. The van der Waals surface area contributed by atoms with Crippen LogP contribution < -0.4 is 10.1 Å². The molecule has 3 rings (SSSR count). The van der Waals surface area contributed by atoms with Gasteiger partial charge in [0.25, 0.3) is 0 Å². The fourth-order valence-corrected chi connectivity index (χ4v) is 4.75. The molecule has 0 bridgehead atoms. The minimum Gasteiger partial charge on any atom is -0.497 e. The van der Waals surface area contributed by atoms with E-state index in [1.165, 1.54) is 18.2 Å². The number of ether oxygens (including phenoxy) is 1. The second-order valence-electron chi connectivity index (χ2n) is 7.53. The lowest BCUT2D eigenvalue weighted by Gasteiger charge is -2.27. The Morgan fingerprint density at radius 1 is 1.18 bits per heavy atom. The number of carbonyl (C=O) groups is 3. The first-order valence-electron chi connectivity index (χ1n) is 9.92. The number of nitrogens with zero attached hydrogens (tertiary/aromatic N) is 1. The summed E-state index contributed by atoms with van der Waals surface area (Å²) < 4.78 is 5.18. The predicted octanol–water partition coefficient (Wildman–Crippen LogP) is 2.75. The highest BCUT2D eigenvalue weighted by molar-refractivity contribution is 8.14. The highest BCUT2D eigenvalue weighted by Crippen LogP contribution is 2.27. The number of rotatable bonds is 7. The molecule has 1 atom stereocenters. The van der Waals surface area contributed by atoms with Gasteiger partial charge in [0.2, 0.25) is 11.8 Å². The molecule has 2 fully saturated rings. The molecule has 2 aliphatic rings. The van der Waals surface area contributed by atoms with E-state index in [1.807, 2.05) is 24.3 Å². The van der Waals surface area contributed by atoms with E-state index >= 15 is 0 Å². The van der Waals surface area contributed by atoms with Crippen molar-refractivity contribution in [3.63, 3.8) is 0 Å². The Labute approximate surface area is 170 Å². The first-order chi connectivity index (χ1) is 13.5. The third-order valence-electron chi connectivity index (χ3n) is 5.36. The Balaban J connectivity index is 1.66. The van der Waals surface area contributed by atoms with Crippen molar-refractivity contribution in [1.82, 2.24) is 10.2 Å². The fraction of sp³-hybridized carbons (Fsp3) is 0.571. The van der Waals surface area contributed by atoms with Gasteiger partial charge in [-0.3, -0.25) is 14.4 Å². The number of thioether (sulfide) groups is 1. The molecule has 0 spiro atoms. The fourth-order valence-electron chi connectivity index (χ4n) is 3.79. The van der Waals surface area contributed by atoms with Crippen LogP contribution >= 0.6 is 11.8 Å². The molecule has 28 heavy (non-hydrogen) atoms. The van der Waals surface area contributed by atoms with Gasteiger partial charge in [-0.05, 0) is 30.5 Å². The second kappa shape index (κ2) is 9.96. The summed E-state index contributed by atoms with van der Waals surface area (Å²) in [5, 5.41) is 3.13.